The molecule has 0 saturated carbocycles. The summed E-state index contributed by atoms with van der Waals surface area (Å²) in [5, 5.41) is 11.3. The van der Waals surface area contributed by atoms with Crippen molar-refractivity contribution in [3.8, 4) is 0 Å². The van der Waals surface area contributed by atoms with Gasteiger partial charge in [0, 0.05) is 10.1 Å². The molecule has 0 radical (unpaired) electrons. The van der Waals surface area contributed by atoms with E-state index in [9.17, 15) is 14.9 Å². The molecule has 0 unspecified atom stereocenters. The second kappa shape index (κ2) is 4.50. The number of carbonyl (C=O) groups is 1. The molecule has 1 aromatic carbocycles. The molecule has 2 aromatic rings. The maximum atomic E-state index is 11.7. The van der Waals surface area contributed by atoms with Gasteiger partial charge in [0.05, 0.1) is 11.5 Å². The van der Waals surface area contributed by atoms with E-state index in [4.69, 9.17) is 4.74 Å². The Hall–Kier alpha value is -1.95. The summed E-state index contributed by atoms with van der Waals surface area (Å²) in [5.41, 5.74) is 0.0532. The molecule has 1 aromatic heterocycles. The van der Waals surface area contributed by atoms with E-state index in [-0.39, 0.29) is 17.2 Å². The Labute approximate surface area is 101 Å². The van der Waals surface area contributed by atoms with E-state index < -0.39 is 10.9 Å². The number of nitro groups is 1. The fourth-order valence-electron chi connectivity index (χ4n) is 1.56. The molecular formula is C11H9NO4S. The van der Waals surface area contributed by atoms with Gasteiger partial charge in [-0.15, -0.1) is 0 Å². The SMILES string of the molecule is CCOC(=O)c1c([N+](=O)[O-])sc2ccccc12. The number of fused-ring (bicyclic) bond motifs is 1. The summed E-state index contributed by atoms with van der Waals surface area (Å²) < 4.78 is 5.56. The van der Waals surface area contributed by atoms with Crippen LogP contribution in [0.15, 0.2) is 24.3 Å². The monoisotopic (exact) mass is 251 g/mol. The minimum Gasteiger partial charge on any atom is -0.462 e. The van der Waals surface area contributed by atoms with Gasteiger partial charge in [-0.05, 0) is 13.0 Å². The van der Waals surface area contributed by atoms with Gasteiger partial charge < -0.3 is 4.74 Å². The van der Waals surface area contributed by atoms with E-state index in [1.807, 2.05) is 0 Å². The van der Waals surface area contributed by atoms with Gasteiger partial charge in [-0.1, -0.05) is 29.5 Å². The highest BCUT2D eigenvalue weighted by Gasteiger charge is 2.27. The molecule has 0 atom stereocenters. The molecule has 0 saturated heterocycles. The van der Waals surface area contributed by atoms with Crippen LogP contribution in [0.4, 0.5) is 5.00 Å². The van der Waals surface area contributed by atoms with Crippen molar-refractivity contribution in [1.29, 1.82) is 0 Å². The summed E-state index contributed by atoms with van der Waals surface area (Å²) in [4.78, 5) is 22.1. The summed E-state index contributed by atoms with van der Waals surface area (Å²) in [7, 11) is 0. The fraction of sp³-hybridized carbons (Fsp3) is 0.182. The number of esters is 1. The van der Waals surface area contributed by atoms with Crippen molar-refractivity contribution >= 4 is 32.4 Å². The van der Waals surface area contributed by atoms with Crippen LogP contribution in [0.3, 0.4) is 0 Å². The molecule has 1 heterocycles. The Morgan fingerprint density at radius 2 is 2.18 bits per heavy atom. The normalized spacial score (nSPS) is 10.4. The van der Waals surface area contributed by atoms with Gasteiger partial charge in [0.2, 0.25) is 0 Å². The first-order chi connectivity index (χ1) is 8.15. The van der Waals surface area contributed by atoms with E-state index in [0.29, 0.717) is 10.1 Å². The molecule has 6 heteroatoms. The highest BCUT2D eigenvalue weighted by Crippen LogP contribution is 2.37. The average Bonchev–Trinajstić information content (AvgIpc) is 2.68. The highest BCUT2D eigenvalue weighted by atomic mass is 32.1. The molecule has 0 aliphatic carbocycles. The zero-order valence-corrected chi connectivity index (χ0v) is 9.82. The molecule has 0 N–H and O–H groups in total. The van der Waals surface area contributed by atoms with Crippen LogP contribution in [-0.2, 0) is 4.74 Å². The van der Waals surface area contributed by atoms with Gasteiger partial charge in [0.25, 0.3) is 0 Å². The van der Waals surface area contributed by atoms with E-state index in [0.717, 1.165) is 11.3 Å². The lowest BCUT2D eigenvalue weighted by Crippen LogP contribution is -2.06. The number of ether oxygens (including phenoxy) is 1. The maximum Gasteiger partial charge on any atom is 0.346 e. The van der Waals surface area contributed by atoms with Gasteiger partial charge in [0.15, 0.2) is 5.56 Å². The van der Waals surface area contributed by atoms with Gasteiger partial charge in [-0.2, -0.15) is 0 Å². The lowest BCUT2D eigenvalue weighted by Gasteiger charge is -1.99. The van der Waals surface area contributed by atoms with Crippen LogP contribution >= 0.6 is 11.3 Å². The lowest BCUT2D eigenvalue weighted by atomic mass is 10.1. The zero-order valence-electron chi connectivity index (χ0n) is 9.00. The third-order valence-electron chi connectivity index (χ3n) is 2.22. The first-order valence-corrected chi connectivity index (χ1v) is 5.79. The molecule has 17 heavy (non-hydrogen) atoms. The van der Waals surface area contributed by atoms with Gasteiger partial charge in [-0.25, -0.2) is 4.79 Å². The Balaban J connectivity index is 2.68. The van der Waals surface area contributed by atoms with Gasteiger partial charge in [-0.3, -0.25) is 10.1 Å². The Morgan fingerprint density at radius 1 is 1.47 bits per heavy atom. The Kier molecular flexibility index (Phi) is 3.06. The van der Waals surface area contributed by atoms with Crippen molar-refractivity contribution in [2.75, 3.05) is 6.61 Å². The van der Waals surface area contributed by atoms with Gasteiger partial charge >= 0.3 is 11.0 Å². The smallest absolute Gasteiger partial charge is 0.346 e. The first kappa shape index (κ1) is 11.5. The Morgan fingerprint density at radius 3 is 2.82 bits per heavy atom. The van der Waals surface area contributed by atoms with Crippen molar-refractivity contribution in [1.82, 2.24) is 0 Å². The van der Waals surface area contributed by atoms with Crippen molar-refractivity contribution < 1.29 is 14.5 Å². The van der Waals surface area contributed by atoms with Crippen molar-refractivity contribution in [2.45, 2.75) is 6.92 Å². The molecule has 0 fully saturated rings. The first-order valence-electron chi connectivity index (χ1n) is 4.98. The minimum absolute atomic E-state index is 0.0532. The van der Waals surface area contributed by atoms with Crippen LogP contribution in [0.5, 0.6) is 0 Å². The molecule has 88 valence electrons. The van der Waals surface area contributed by atoms with E-state index >= 15 is 0 Å². The number of carbonyl (C=O) groups excluding carboxylic acids is 1. The van der Waals surface area contributed by atoms with Crippen LogP contribution in [0.25, 0.3) is 10.1 Å². The van der Waals surface area contributed by atoms with Crippen LogP contribution in [0.1, 0.15) is 17.3 Å². The largest absolute Gasteiger partial charge is 0.462 e. The second-order valence-corrected chi connectivity index (χ2v) is 4.29. The Bertz CT molecular complexity index is 590. The van der Waals surface area contributed by atoms with E-state index in [2.05, 4.69) is 0 Å². The summed E-state index contributed by atoms with van der Waals surface area (Å²) in [6.45, 7) is 1.86. The number of thiophene rings is 1. The van der Waals surface area contributed by atoms with Crippen molar-refractivity contribution in [2.24, 2.45) is 0 Å². The predicted octanol–water partition coefficient (Wildman–Crippen LogP) is 2.99. The summed E-state index contributed by atoms with van der Waals surface area (Å²) >= 11 is 0.986. The topological polar surface area (TPSA) is 69.4 Å². The molecule has 5 nitrogen and oxygen atoms in total. The number of nitrogens with zero attached hydrogens (tertiary/aromatic N) is 1. The van der Waals surface area contributed by atoms with Gasteiger partial charge in [0.1, 0.15) is 0 Å². The third-order valence-corrected chi connectivity index (χ3v) is 3.34. The number of hydrogen-bond acceptors (Lipinski definition) is 5. The molecule has 0 aliphatic heterocycles. The molecule has 0 aliphatic rings. The van der Waals surface area contributed by atoms with Crippen molar-refractivity contribution in [3.05, 3.63) is 39.9 Å². The molecule has 0 amide bonds. The quantitative estimate of drug-likeness (QED) is 0.477. The molecule has 0 spiro atoms. The lowest BCUT2D eigenvalue weighted by molar-refractivity contribution is -0.380. The summed E-state index contributed by atoms with van der Waals surface area (Å²) in [5.74, 6) is -0.642. The van der Waals surface area contributed by atoms with Crippen LogP contribution in [0, 0.1) is 10.1 Å². The highest BCUT2D eigenvalue weighted by molar-refractivity contribution is 7.22. The molecule has 0 bridgehead atoms. The number of hydrogen-bond donors (Lipinski definition) is 0. The standard InChI is InChI=1S/C11H9NO4S/c1-2-16-11(13)9-7-5-3-4-6-8(7)17-10(9)12(14)15/h3-6H,2H2,1H3. The summed E-state index contributed by atoms with van der Waals surface area (Å²) in [6, 6.07) is 6.94. The second-order valence-electron chi connectivity index (χ2n) is 3.26. The maximum absolute atomic E-state index is 11.7. The third kappa shape index (κ3) is 1.99. The number of benzene rings is 1. The van der Waals surface area contributed by atoms with E-state index in [1.165, 1.54) is 0 Å². The van der Waals surface area contributed by atoms with Crippen LogP contribution in [0.2, 0.25) is 0 Å². The summed E-state index contributed by atoms with van der Waals surface area (Å²) in [6.07, 6.45) is 0. The molecule has 2 rings (SSSR count). The van der Waals surface area contributed by atoms with Crippen LogP contribution < -0.4 is 0 Å². The number of rotatable bonds is 3. The van der Waals surface area contributed by atoms with Crippen molar-refractivity contribution in [3.63, 3.8) is 0 Å². The predicted molar refractivity (Wildman–Crippen MR) is 64.4 cm³/mol. The van der Waals surface area contributed by atoms with E-state index in [1.54, 1.807) is 31.2 Å². The zero-order chi connectivity index (χ0) is 12.4. The fourth-order valence-corrected chi connectivity index (χ4v) is 2.57. The average molecular weight is 251 g/mol. The minimum atomic E-state index is -0.642. The van der Waals surface area contributed by atoms with Crippen LogP contribution in [-0.4, -0.2) is 17.5 Å². The molecular weight excluding hydrogens is 242 g/mol.